The lowest BCUT2D eigenvalue weighted by molar-refractivity contribution is -0.120. The molecule has 1 aliphatic rings. The molecular weight excluding hydrogens is 322 g/mol. The summed E-state index contributed by atoms with van der Waals surface area (Å²) in [4.78, 5) is 12.1. The van der Waals surface area contributed by atoms with E-state index in [-0.39, 0.29) is 22.9 Å². The van der Waals surface area contributed by atoms with Gasteiger partial charge in [0.25, 0.3) is 0 Å². The predicted octanol–water partition coefficient (Wildman–Crippen LogP) is 3.18. The molecule has 2 atom stereocenters. The second-order valence-corrected chi connectivity index (χ2v) is 5.63. The van der Waals surface area contributed by atoms with Crippen LogP contribution in [-0.4, -0.2) is 18.5 Å². The lowest BCUT2D eigenvalue weighted by atomic mass is 10.0. The lowest BCUT2D eigenvalue weighted by Gasteiger charge is -2.16. The third kappa shape index (κ3) is 2.84. The summed E-state index contributed by atoms with van der Waals surface area (Å²) in [5, 5.41) is 6.15. The van der Waals surface area contributed by atoms with Crippen molar-refractivity contribution in [1.82, 2.24) is 5.32 Å². The minimum absolute atomic E-state index is 0.0852. The number of anilines is 1. The van der Waals surface area contributed by atoms with Crippen LogP contribution in [0.15, 0.2) is 16.6 Å². The van der Waals surface area contributed by atoms with Crippen LogP contribution in [-0.2, 0) is 4.79 Å². The van der Waals surface area contributed by atoms with Gasteiger partial charge in [-0.05, 0) is 48.0 Å². The van der Waals surface area contributed by atoms with Crippen molar-refractivity contribution >= 4 is 39.1 Å². The van der Waals surface area contributed by atoms with Crippen molar-refractivity contribution in [2.24, 2.45) is 5.92 Å². The van der Waals surface area contributed by atoms with Gasteiger partial charge in [-0.1, -0.05) is 11.6 Å². The lowest BCUT2D eigenvalue weighted by Crippen LogP contribution is -2.32. The molecule has 1 saturated heterocycles. The molecule has 1 heterocycles. The molecule has 3 nitrogen and oxygen atoms in total. The minimum atomic E-state index is -0.444. The highest BCUT2D eigenvalue weighted by Crippen LogP contribution is 2.32. The molecule has 0 radical (unpaired) electrons. The van der Waals surface area contributed by atoms with Crippen LogP contribution < -0.4 is 10.6 Å². The van der Waals surface area contributed by atoms with Crippen molar-refractivity contribution in [2.75, 3.05) is 11.9 Å². The van der Waals surface area contributed by atoms with Crippen molar-refractivity contribution in [2.45, 2.75) is 19.4 Å². The van der Waals surface area contributed by atoms with Gasteiger partial charge in [-0.3, -0.25) is 4.79 Å². The average molecular weight is 336 g/mol. The van der Waals surface area contributed by atoms with Gasteiger partial charge in [0.2, 0.25) is 5.91 Å². The van der Waals surface area contributed by atoms with E-state index in [1.165, 1.54) is 12.1 Å². The quantitative estimate of drug-likeness (QED) is 0.871. The fraction of sp³-hybridized carbons (Fsp3) is 0.417. The molecule has 1 aromatic carbocycles. The second-order valence-electron chi connectivity index (χ2n) is 4.37. The summed E-state index contributed by atoms with van der Waals surface area (Å²) in [5.41, 5.74) is 0.419. The third-order valence-electron chi connectivity index (χ3n) is 3.12. The standard InChI is InChI=1S/C12H13BrClFN2O/c1-6-8(2-3-16-6)12(18)17-11-9(13)4-7(15)5-10(11)14/h4-6,8,16H,2-3H2,1H3,(H,17,18). The van der Waals surface area contributed by atoms with Gasteiger partial charge in [0.1, 0.15) is 5.82 Å². The first kappa shape index (κ1) is 13.8. The van der Waals surface area contributed by atoms with E-state index in [2.05, 4.69) is 26.6 Å². The first-order chi connectivity index (χ1) is 8.49. The highest BCUT2D eigenvalue weighted by molar-refractivity contribution is 9.10. The largest absolute Gasteiger partial charge is 0.324 e. The van der Waals surface area contributed by atoms with Crippen LogP contribution in [0.5, 0.6) is 0 Å². The zero-order valence-electron chi connectivity index (χ0n) is 9.77. The van der Waals surface area contributed by atoms with Gasteiger partial charge >= 0.3 is 0 Å². The van der Waals surface area contributed by atoms with Gasteiger partial charge in [0.15, 0.2) is 0 Å². The maximum absolute atomic E-state index is 13.1. The van der Waals surface area contributed by atoms with Gasteiger partial charge in [-0.25, -0.2) is 4.39 Å². The van der Waals surface area contributed by atoms with Crippen molar-refractivity contribution in [1.29, 1.82) is 0 Å². The first-order valence-corrected chi connectivity index (χ1v) is 6.85. The Balaban J connectivity index is 2.17. The van der Waals surface area contributed by atoms with E-state index >= 15 is 0 Å². The van der Waals surface area contributed by atoms with E-state index in [4.69, 9.17) is 11.6 Å². The number of carbonyl (C=O) groups excluding carboxylic acids is 1. The Kier molecular flexibility index (Phi) is 4.25. The summed E-state index contributed by atoms with van der Waals surface area (Å²) in [5.74, 6) is -0.625. The summed E-state index contributed by atoms with van der Waals surface area (Å²) in [6.45, 7) is 2.80. The molecule has 1 aromatic rings. The molecule has 1 aliphatic heterocycles. The molecule has 0 spiro atoms. The average Bonchev–Trinajstić information content (AvgIpc) is 2.69. The van der Waals surface area contributed by atoms with Crippen LogP contribution in [0.25, 0.3) is 0 Å². The Hall–Kier alpha value is -0.650. The van der Waals surface area contributed by atoms with Crippen LogP contribution in [0, 0.1) is 11.7 Å². The number of hydrogen-bond donors (Lipinski definition) is 2. The van der Waals surface area contributed by atoms with Gasteiger partial charge in [0, 0.05) is 10.5 Å². The van der Waals surface area contributed by atoms with Gasteiger partial charge < -0.3 is 10.6 Å². The molecule has 0 bridgehead atoms. The number of nitrogens with one attached hydrogen (secondary N) is 2. The van der Waals surface area contributed by atoms with E-state index in [9.17, 15) is 9.18 Å². The highest BCUT2D eigenvalue weighted by Gasteiger charge is 2.30. The summed E-state index contributed by atoms with van der Waals surface area (Å²) in [6, 6.07) is 2.60. The van der Waals surface area contributed by atoms with Crippen LogP contribution >= 0.6 is 27.5 Å². The Morgan fingerprint density at radius 3 is 2.89 bits per heavy atom. The second kappa shape index (κ2) is 5.55. The summed E-state index contributed by atoms with van der Waals surface area (Å²) in [7, 11) is 0. The van der Waals surface area contributed by atoms with Gasteiger partial charge in [-0.2, -0.15) is 0 Å². The molecule has 98 valence electrons. The van der Waals surface area contributed by atoms with Crippen LogP contribution in [0.1, 0.15) is 13.3 Å². The van der Waals surface area contributed by atoms with Gasteiger partial charge in [0.05, 0.1) is 16.6 Å². The molecule has 1 amide bonds. The van der Waals surface area contributed by atoms with Crippen molar-refractivity contribution in [3.8, 4) is 0 Å². The SMILES string of the molecule is CC1NCCC1C(=O)Nc1c(Cl)cc(F)cc1Br. The molecule has 2 unspecified atom stereocenters. The van der Waals surface area contributed by atoms with Gasteiger partial charge in [-0.15, -0.1) is 0 Å². The predicted molar refractivity (Wildman–Crippen MR) is 73.3 cm³/mol. The number of halogens is 3. The van der Waals surface area contributed by atoms with E-state index in [1.54, 1.807) is 0 Å². The Bertz CT molecular complexity index is 460. The molecule has 0 saturated carbocycles. The van der Waals surface area contributed by atoms with Crippen molar-refractivity contribution < 1.29 is 9.18 Å². The Labute approximate surface area is 118 Å². The van der Waals surface area contributed by atoms with E-state index < -0.39 is 5.82 Å². The first-order valence-electron chi connectivity index (χ1n) is 5.68. The normalized spacial score (nSPS) is 23.1. The van der Waals surface area contributed by atoms with Crippen molar-refractivity contribution in [3.63, 3.8) is 0 Å². The molecule has 2 N–H and O–H groups in total. The zero-order valence-corrected chi connectivity index (χ0v) is 12.1. The molecule has 0 aromatic heterocycles. The molecule has 2 rings (SSSR count). The van der Waals surface area contributed by atoms with E-state index in [0.717, 1.165) is 13.0 Å². The van der Waals surface area contributed by atoms with Crippen molar-refractivity contribution in [3.05, 3.63) is 27.4 Å². The fourth-order valence-electron chi connectivity index (χ4n) is 2.09. The summed E-state index contributed by atoms with van der Waals surface area (Å²) in [6.07, 6.45) is 0.795. The summed E-state index contributed by atoms with van der Waals surface area (Å²) >= 11 is 9.12. The Morgan fingerprint density at radius 2 is 2.33 bits per heavy atom. The zero-order chi connectivity index (χ0) is 13.3. The van der Waals surface area contributed by atoms with E-state index in [0.29, 0.717) is 10.2 Å². The fourth-order valence-corrected chi connectivity index (χ4v) is 2.99. The monoisotopic (exact) mass is 334 g/mol. The number of benzene rings is 1. The third-order valence-corrected chi connectivity index (χ3v) is 4.04. The van der Waals surface area contributed by atoms with E-state index in [1.807, 2.05) is 6.92 Å². The number of rotatable bonds is 2. The summed E-state index contributed by atoms with van der Waals surface area (Å²) < 4.78 is 13.5. The van der Waals surface area contributed by atoms with Crippen LogP contribution in [0.2, 0.25) is 5.02 Å². The minimum Gasteiger partial charge on any atom is -0.324 e. The Morgan fingerprint density at radius 1 is 1.61 bits per heavy atom. The molecule has 18 heavy (non-hydrogen) atoms. The topological polar surface area (TPSA) is 41.1 Å². The molecule has 6 heteroatoms. The maximum Gasteiger partial charge on any atom is 0.229 e. The number of hydrogen-bond acceptors (Lipinski definition) is 2. The highest BCUT2D eigenvalue weighted by atomic mass is 79.9. The van der Waals surface area contributed by atoms with Crippen LogP contribution in [0.4, 0.5) is 10.1 Å². The number of carbonyl (C=O) groups is 1. The molecule has 1 fully saturated rings. The molecular formula is C12H13BrClFN2O. The smallest absolute Gasteiger partial charge is 0.229 e. The molecule has 0 aliphatic carbocycles. The van der Waals surface area contributed by atoms with Crippen LogP contribution in [0.3, 0.4) is 0 Å². The maximum atomic E-state index is 13.1. The number of amides is 1.